The number of nitrogens with one attached hydrogen (secondary N) is 1. The number of fused-ring (bicyclic) bond motifs is 1. The monoisotopic (exact) mass is 370 g/mol. The molecule has 1 N–H and O–H groups in total. The first-order chi connectivity index (χ1) is 12.5. The molecule has 0 aliphatic rings. The maximum Gasteiger partial charge on any atom is 0.276 e. The van der Waals surface area contributed by atoms with Crippen LogP contribution in [0.4, 0.5) is 13.9 Å². The van der Waals surface area contributed by atoms with Crippen molar-refractivity contribution in [3.8, 4) is 11.3 Å². The summed E-state index contributed by atoms with van der Waals surface area (Å²) in [6.07, 6.45) is 1.22. The van der Waals surface area contributed by atoms with Crippen molar-refractivity contribution < 1.29 is 13.6 Å². The molecular weight excluding hydrogens is 358 g/mol. The molecule has 0 saturated carbocycles. The number of thiazole rings is 1. The van der Waals surface area contributed by atoms with Crippen molar-refractivity contribution in [2.24, 2.45) is 0 Å². The number of aryl methyl sites for hydroxylation is 1. The topological polar surface area (TPSA) is 59.3 Å². The highest BCUT2D eigenvalue weighted by Crippen LogP contribution is 2.25. The number of benzene rings is 1. The Labute approximate surface area is 151 Å². The van der Waals surface area contributed by atoms with Crippen LogP contribution in [0.3, 0.4) is 0 Å². The maximum absolute atomic E-state index is 13.5. The van der Waals surface area contributed by atoms with E-state index in [-0.39, 0.29) is 11.5 Å². The van der Waals surface area contributed by atoms with Crippen LogP contribution in [0.15, 0.2) is 48.0 Å². The Hall–Kier alpha value is -3.13. The van der Waals surface area contributed by atoms with E-state index in [0.29, 0.717) is 22.2 Å². The molecule has 3 heterocycles. The molecule has 4 aromatic rings. The van der Waals surface area contributed by atoms with Gasteiger partial charge in [-0.3, -0.25) is 14.5 Å². The first-order valence-electron chi connectivity index (χ1n) is 7.68. The third-order valence-electron chi connectivity index (χ3n) is 3.84. The van der Waals surface area contributed by atoms with Gasteiger partial charge >= 0.3 is 0 Å². The predicted molar refractivity (Wildman–Crippen MR) is 95.3 cm³/mol. The van der Waals surface area contributed by atoms with E-state index in [1.807, 2.05) is 0 Å². The highest BCUT2D eigenvalue weighted by atomic mass is 32.1. The van der Waals surface area contributed by atoms with Crippen molar-refractivity contribution in [3.05, 3.63) is 71.0 Å². The Kier molecular flexibility index (Phi) is 3.96. The summed E-state index contributed by atoms with van der Waals surface area (Å²) in [5.41, 5.74) is 2.60. The normalized spacial score (nSPS) is 11.0. The number of aromatic nitrogens is 3. The first-order valence-corrected chi connectivity index (χ1v) is 8.56. The van der Waals surface area contributed by atoms with Gasteiger partial charge < -0.3 is 0 Å². The van der Waals surface area contributed by atoms with Gasteiger partial charge in [-0.05, 0) is 43.3 Å². The van der Waals surface area contributed by atoms with Crippen LogP contribution in [0.1, 0.15) is 16.2 Å². The van der Waals surface area contributed by atoms with Gasteiger partial charge in [0.25, 0.3) is 5.91 Å². The Morgan fingerprint density at radius 1 is 1.08 bits per heavy atom. The van der Waals surface area contributed by atoms with E-state index >= 15 is 0 Å². The molecule has 3 aromatic heterocycles. The molecule has 130 valence electrons. The fourth-order valence-corrected chi connectivity index (χ4v) is 3.37. The molecule has 0 radical (unpaired) electrons. The molecule has 8 heteroatoms. The van der Waals surface area contributed by atoms with Gasteiger partial charge in [0, 0.05) is 17.1 Å². The second-order valence-corrected chi connectivity index (χ2v) is 6.48. The number of anilines is 1. The van der Waals surface area contributed by atoms with Crippen LogP contribution in [0, 0.1) is 18.6 Å². The lowest BCUT2D eigenvalue weighted by molar-refractivity contribution is 0.102. The van der Waals surface area contributed by atoms with Crippen LogP contribution >= 0.6 is 11.3 Å². The number of imidazole rings is 1. The van der Waals surface area contributed by atoms with Gasteiger partial charge in [-0.2, -0.15) is 0 Å². The van der Waals surface area contributed by atoms with Crippen LogP contribution in [0.2, 0.25) is 0 Å². The van der Waals surface area contributed by atoms with E-state index in [4.69, 9.17) is 0 Å². The van der Waals surface area contributed by atoms with Gasteiger partial charge in [-0.15, -0.1) is 11.3 Å². The molecule has 4 rings (SSSR count). The second-order valence-electron chi connectivity index (χ2n) is 5.62. The summed E-state index contributed by atoms with van der Waals surface area (Å²) < 4.78 is 28.0. The molecule has 0 saturated heterocycles. The molecular formula is C18H12F2N4OS. The average Bonchev–Trinajstić information content (AvgIpc) is 3.19. The van der Waals surface area contributed by atoms with Crippen molar-refractivity contribution in [2.45, 2.75) is 6.92 Å². The van der Waals surface area contributed by atoms with Crippen molar-refractivity contribution >= 4 is 28.0 Å². The fraction of sp³-hybridized carbons (Fsp3) is 0.0556. The van der Waals surface area contributed by atoms with E-state index in [9.17, 15) is 13.6 Å². The molecule has 5 nitrogen and oxygen atoms in total. The number of hydrogen-bond acceptors (Lipinski definition) is 4. The smallest absolute Gasteiger partial charge is 0.276 e. The van der Waals surface area contributed by atoms with E-state index in [1.54, 1.807) is 24.4 Å². The minimum Gasteiger partial charge on any atom is -0.296 e. The molecule has 0 spiro atoms. The van der Waals surface area contributed by atoms with Crippen LogP contribution in [0.5, 0.6) is 0 Å². The molecule has 0 fully saturated rings. The summed E-state index contributed by atoms with van der Waals surface area (Å²) in [5, 5.41) is 4.87. The van der Waals surface area contributed by atoms with Gasteiger partial charge in [0.2, 0.25) is 0 Å². The molecule has 26 heavy (non-hydrogen) atoms. The number of carbonyl (C=O) groups excluding carboxylic acids is 1. The highest BCUT2D eigenvalue weighted by Gasteiger charge is 2.18. The number of amides is 1. The summed E-state index contributed by atoms with van der Waals surface area (Å²) >= 11 is 1.25. The zero-order valence-corrected chi connectivity index (χ0v) is 14.3. The number of hydrogen-bond donors (Lipinski definition) is 1. The SMILES string of the molecule is Cc1nc2ccc(F)cn2c1C(=O)Nc1nc(-c2ccc(F)cc2)cs1. The van der Waals surface area contributed by atoms with Crippen LogP contribution in [-0.4, -0.2) is 20.3 Å². The Morgan fingerprint density at radius 3 is 2.58 bits per heavy atom. The molecule has 1 aromatic carbocycles. The van der Waals surface area contributed by atoms with Crippen molar-refractivity contribution in [1.82, 2.24) is 14.4 Å². The van der Waals surface area contributed by atoms with Gasteiger partial charge in [0.05, 0.1) is 11.4 Å². The molecule has 0 unspecified atom stereocenters. The average molecular weight is 370 g/mol. The molecule has 0 aliphatic heterocycles. The Morgan fingerprint density at radius 2 is 1.81 bits per heavy atom. The number of pyridine rings is 1. The van der Waals surface area contributed by atoms with Crippen LogP contribution < -0.4 is 5.32 Å². The number of halogens is 2. The largest absolute Gasteiger partial charge is 0.296 e. The summed E-state index contributed by atoms with van der Waals surface area (Å²) in [6.45, 7) is 1.69. The third-order valence-corrected chi connectivity index (χ3v) is 4.59. The molecule has 0 aliphatic carbocycles. The maximum atomic E-state index is 13.5. The van der Waals surface area contributed by atoms with Crippen LogP contribution in [0.25, 0.3) is 16.9 Å². The lowest BCUT2D eigenvalue weighted by atomic mass is 10.2. The van der Waals surface area contributed by atoms with Gasteiger partial charge in [0.1, 0.15) is 23.0 Å². The molecule has 1 amide bonds. The molecule has 0 atom stereocenters. The second kappa shape index (κ2) is 6.30. The number of nitrogens with zero attached hydrogens (tertiary/aromatic N) is 3. The zero-order chi connectivity index (χ0) is 18.3. The lowest BCUT2D eigenvalue weighted by Gasteiger charge is -2.03. The number of carbonyl (C=O) groups is 1. The Bertz CT molecular complexity index is 1120. The summed E-state index contributed by atoms with van der Waals surface area (Å²) in [6, 6.07) is 8.74. The van der Waals surface area contributed by atoms with Gasteiger partial charge in [-0.1, -0.05) is 0 Å². The minimum absolute atomic E-state index is 0.248. The van der Waals surface area contributed by atoms with E-state index < -0.39 is 11.7 Å². The van der Waals surface area contributed by atoms with E-state index in [2.05, 4.69) is 15.3 Å². The lowest BCUT2D eigenvalue weighted by Crippen LogP contribution is -2.15. The summed E-state index contributed by atoms with van der Waals surface area (Å²) in [5.74, 6) is -1.22. The third kappa shape index (κ3) is 2.95. The standard InChI is InChI=1S/C18H12F2N4OS/c1-10-16(24-8-13(20)6-7-15(24)21-10)17(25)23-18-22-14(9-26-18)11-2-4-12(19)5-3-11/h2-9H,1H3,(H,22,23,25). The minimum atomic E-state index is -0.461. The predicted octanol–water partition coefficient (Wildman–Crippen LogP) is 4.30. The summed E-state index contributed by atoms with van der Waals surface area (Å²) in [4.78, 5) is 21.2. The first kappa shape index (κ1) is 16.3. The van der Waals surface area contributed by atoms with Crippen molar-refractivity contribution in [2.75, 3.05) is 5.32 Å². The van der Waals surface area contributed by atoms with Crippen LogP contribution in [-0.2, 0) is 0 Å². The van der Waals surface area contributed by atoms with Crippen molar-refractivity contribution in [3.63, 3.8) is 0 Å². The van der Waals surface area contributed by atoms with Crippen molar-refractivity contribution in [1.29, 1.82) is 0 Å². The number of rotatable bonds is 3. The summed E-state index contributed by atoms with van der Waals surface area (Å²) in [7, 11) is 0. The molecule has 0 bridgehead atoms. The highest BCUT2D eigenvalue weighted by molar-refractivity contribution is 7.14. The van der Waals surface area contributed by atoms with Gasteiger partial charge in [-0.25, -0.2) is 18.7 Å². The van der Waals surface area contributed by atoms with Gasteiger partial charge in [0.15, 0.2) is 5.13 Å². The van der Waals surface area contributed by atoms with E-state index in [0.717, 1.165) is 5.56 Å². The Balaban J connectivity index is 1.62. The van der Waals surface area contributed by atoms with E-state index in [1.165, 1.54) is 46.2 Å². The fourth-order valence-electron chi connectivity index (χ4n) is 2.65. The quantitative estimate of drug-likeness (QED) is 0.585. The zero-order valence-electron chi connectivity index (χ0n) is 13.5.